The summed E-state index contributed by atoms with van der Waals surface area (Å²) in [4.78, 5) is 28.1. The first-order valence-corrected chi connectivity index (χ1v) is 12.9. The molecule has 0 bridgehead atoms. The van der Waals surface area contributed by atoms with E-state index in [0.717, 1.165) is 42.8 Å². The first-order chi connectivity index (χ1) is 17.4. The second kappa shape index (κ2) is 9.87. The Kier molecular flexibility index (Phi) is 6.64. The van der Waals surface area contributed by atoms with Gasteiger partial charge >= 0.3 is 0 Å². The molecule has 1 aromatic carbocycles. The summed E-state index contributed by atoms with van der Waals surface area (Å²) in [5.41, 5.74) is 1.82. The zero-order valence-electron chi connectivity index (χ0n) is 21.6. The van der Waals surface area contributed by atoms with Crippen molar-refractivity contribution < 1.29 is 14.6 Å². The van der Waals surface area contributed by atoms with Crippen LogP contribution < -0.4 is 14.5 Å². The number of ether oxygens (including phenoxy) is 1. The van der Waals surface area contributed by atoms with E-state index in [2.05, 4.69) is 35.8 Å². The van der Waals surface area contributed by atoms with E-state index in [4.69, 9.17) is 14.7 Å². The molecule has 5 rings (SSSR count). The van der Waals surface area contributed by atoms with E-state index in [-0.39, 0.29) is 17.8 Å². The predicted octanol–water partition coefficient (Wildman–Crippen LogP) is 3.61. The van der Waals surface area contributed by atoms with Crippen LogP contribution in [0.4, 0.5) is 11.8 Å². The molecule has 192 valence electrons. The van der Waals surface area contributed by atoms with Gasteiger partial charge in [0, 0.05) is 57.9 Å². The zero-order valence-corrected chi connectivity index (χ0v) is 21.6. The minimum absolute atomic E-state index is 0.0933. The first-order valence-electron chi connectivity index (χ1n) is 12.9. The van der Waals surface area contributed by atoms with Crippen LogP contribution in [0.1, 0.15) is 45.2 Å². The molecule has 0 radical (unpaired) electrons. The second-order valence-electron chi connectivity index (χ2n) is 10.1. The number of rotatable bonds is 6. The van der Waals surface area contributed by atoms with Crippen LogP contribution in [-0.4, -0.2) is 76.3 Å². The van der Waals surface area contributed by atoms with Crippen LogP contribution in [0.5, 0.6) is 11.6 Å². The molecule has 1 amide bonds. The van der Waals surface area contributed by atoms with E-state index < -0.39 is 0 Å². The van der Waals surface area contributed by atoms with Crippen molar-refractivity contribution in [2.75, 3.05) is 49.6 Å². The van der Waals surface area contributed by atoms with Crippen molar-refractivity contribution in [2.24, 2.45) is 0 Å². The van der Waals surface area contributed by atoms with Crippen molar-refractivity contribution in [3.8, 4) is 11.6 Å². The Morgan fingerprint density at radius 3 is 2.64 bits per heavy atom. The number of benzene rings is 1. The van der Waals surface area contributed by atoms with Crippen LogP contribution in [0.3, 0.4) is 0 Å². The third kappa shape index (κ3) is 4.54. The minimum atomic E-state index is 0.0933. The molecular weight excluding hydrogens is 456 g/mol. The van der Waals surface area contributed by atoms with Gasteiger partial charge in [0.05, 0.1) is 12.5 Å². The Bertz CT molecular complexity index is 1250. The normalized spacial score (nSPS) is 18.5. The third-order valence-corrected chi connectivity index (χ3v) is 7.46. The van der Waals surface area contributed by atoms with E-state index in [1.807, 2.05) is 27.8 Å². The molecule has 9 heteroatoms. The Morgan fingerprint density at radius 1 is 1.17 bits per heavy atom. The maximum Gasteiger partial charge on any atom is 0.228 e. The van der Waals surface area contributed by atoms with Gasteiger partial charge in [-0.25, -0.2) is 4.98 Å². The average molecular weight is 493 g/mol. The molecule has 2 aromatic heterocycles. The highest BCUT2D eigenvalue weighted by Crippen LogP contribution is 2.38. The fourth-order valence-electron chi connectivity index (χ4n) is 5.43. The van der Waals surface area contributed by atoms with Crippen LogP contribution in [0.25, 0.3) is 10.9 Å². The highest BCUT2D eigenvalue weighted by atomic mass is 16.5. The summed E-state index contributed by atoms with van der Waals surface area (Å²) in [7, 11) is 1.70. The fourth-order valence-corrected chi connectivity index (χ4v) is 5.43. The number of piperazine rings is 1. The predicted molar refractivity (Wildman–Crippen MR) is 141 cm³/mol. The van der Waals surface area contributed by atoms with Crippen LogP contribution >= 0.6 is 0 Å². The molecule has 0 saturated carbocycles. The molecular formula is C27H36N6O3. The number of carbonyl (C=O) groups is 1. The molecule has 0 aliphatic carbocycles. The standard InChI is InChI=1S/C27H36N6O3/c1-18(2)33-17-23-24(26(33)35)28-27(31-13-11-30(12-14-31)19(3)34)29-25(23)32-10-6-8-21(32)15-20-7-5-9-22(16-20)36-4/h5,7,9,16-18,21,35H,6,8,10-15H2,1-4H3. The van der Waals surface area contributed by atoms with Gasteiger partial charge in [0.2, 0.25) is 17.7 Å². The lowest BCUT2D eigenvalue weighted by Gasteiger charge is -2.35. The summed E-state index contributed by atoms with van der Waals surface area (Å²) in [5, 5.41) is 12.0. The molecule has 2 fully saturated rings. The number of nitrogens with zero attached hydrogens (tertiary/aromatic N) is 6. The Balaban J connectivity index is 1.53. The van der Waals surface area contributed by atoms with Crippen LogP contribution in [0.15, 0.2) is 30.5 Å². The summed E-state index contributed by atoms with van der Waals surface area (Å²) in [6.45, 7) is 9.25. The summed E-state index contributed by atoms with van der Waals surface area (Å²) in [6, 6.07) is 8.65. The van der Waals surface area contributed by atoms with Gasteiger partial charge in [0.25, 0.3) is 0 Å². The molecule has 2 aliphatic rings. The van der Waals surface area contributed by atoms with Crippen molar-refractivity contribution in [3.63, 3.8) is 0 Å². The molecule has 9 nitrogen and oxygen atoms in total. The average Bonchev–Trinajstić information content (AvgIpc) is 3.48. The van der Waals surface area contributed by atoms with Crippen molar-refractivity contribution in [1.82, 2.24) is 19.4 Å². The Hall–Kier alpha value is -3.49. The maximum atomic E-state index is 11.8. The number of aromatic hydroxyl groups is 1. The lowest BCUT2D eigenvalue weighted by atomic mass is 10.0. The number of hydrogen-bond acceptors (Lipinski definition) is 7. The van der Waals surface area contributed by atoms with E-state index >= 15 is 0 Å². The number of aromatic nitrogens is 3. The maximum absolute atomic E-state index is 11.8. The third-order valence-electron chi connectivity index (χ3n) is 7.46. The van der Waals surface area contributed by atoms with Gasteiger partial charge in [-0.1, -0.05) is 12.1 Å². The van der Waals surface area contributed by atoms with E-state index in [0.29, 0.717) is 43.7 Å². The molecule has 1 atom stereocenters. The second-order valence-corrected chi connectivity index (χ2v) is 10.1. The molecule has 36 heavy (non-hydrogen) atoms. The minimum Gasteiger partial charge on any atom is -0.497 e. The van der Waals surface area contributed by atoms with Gasteiger partial charge in [-0.05, 0) is 50.8 Å². The lowest BCUT2D eigenvalue weighted by Crippen LogP contribution is -2.48. The highest BCUT2D eigenvalue weighted by Gasteiger charge is 2.31. The van der Waals surface area contributed by atoms with Gasteiger partial charge < -0.3 is 29.1 Å². The topological polar surface area (TPSA) is 87.0 Å². The Morgan fingerprint density at radius 2 is 1.94 bits per heavy atom. The van der Waals surface area contributed by atoms with Crippen LogP contribution in [-0.2, 0) is 11.2 Å². The van der Waals surface area contributed by atoms with Crippen LogP contribution in [0, 0.1) is 0 Å². The number of hydrogen-bond donors (Lipinski definition) is 1. The monoisotopic (exact) mass is 492 g/mol. The summed E-state index contributed by atoms with van der Waals surface area (Å²) >= 11 is 0. The number of anilines is 2. The fraction of sp³-hybridized carbons (Fsp3) is 0.519. The first kappa shape index (κ1) is 24.2. The van der Waals surface area contributed by atoms with Crippen molar-refractivity contribution in [2.45, 2.75) is 52.1 Å². The van der Waals surface area contributed by atoms with E-state index in [9.17, 15) is 9.90 Å². The number of fused-ring (bicyclic) bond motifs is 1. The van der Waals surface area contributed by atoms with Gasteiger partial charge in [0.1, 0.15) is 17.1 Å². The lowest BCUT2D eigenvalue weighted by molar-refractivity contribution is -0.129. The molecule has 4 heterocycles. The van der Waals surface area contributed by atoms with E-state index in [1.54, 1.807) is 14.0 Å². The SMILES string of the molecule is COc1cccc(CC2CCCN2c2nc(N3CCN(C(C)=O)CC3)nc3c(O)n(C(C)C)cc23)c1. The van der Waals surface area contributed by atoms with E-state index in [1.165, 1.54) is 5.56 Å². The molecule has 2 aliphatic heterocycles. The summed E-state index contributed by atoms with van der Waals surface area (Å²) < 4.78 is 7.31. The van der Waals surface area contributed by atoms with Crippen molar-refractivity contribution in [3.05, 3.63) is 36.0 Å². The molecule has 0 spiro atoms. The van der Waals surface area contributed by atoms with Gasteiger partial charge in [-0.3, -0.25) is 4.79 Å². The quantitative estimate of drug-likeness (QED) is 0.563. The van der Waals surface area contributed by atoms with Gasteiger partial charge in [0.15, 0.2) is 0 Å². The van der Waals surface area contributed by atoms with Gasteiger partial charge in [-0.2, -0.15) is 4.98 Å². The largest absolute Gasteiger partial charge is 0.497 e. The summed E-state index contributed by atoms with van der Waals surface area (Å²) in [5.74, 6) is 2.63. The zero-order chi connectivity index (χ0) is 25.4. The van der Waals surface area contributed by atoms with Crippen molar-refractivity contribution in [1.29, 1.82) is 0 Å². The molecule has 3 aromatic rings. The van der Waals surface area contributed by atoms with Crippen LogP contribution in [0.2, 0.25) is 0 Å². The van der Waals surface area contributed by atoms with Gasteiger partial charge in [-0.15, -0.1) is 0 Å². The Labute approximate surface area is 212 Å². The molecule has 1 N–H and O–H groups in total. The number of carbonyl (C=O) groups excluding carboxylic acids is 1. The highest BCUT2D eigenvalue weighted by molar-refractivity contribution is 5.94. The number of methoxy groups -OCH3 is 1. The van der Waals surface area contributed by atoms with Crippen molar-refractivity contribution >= 4 is 28.6 Å². The molecule has 2 saturated heterocycles. The number of amides is 1. The smallest absolute Gasteiger partial charge is 0.228 e. The summed E-state index contributed by atoms with van der Waals surface area (Å²) in [6.07, 6.45) is 5.05. The molecule has 1 unspecified atom stereocenters.